The van der Waals surface area contributed by atoms with Gasteiger partial charge in [-0.3, -0.25) is 4.79 Å². The lowest BCUT2D eigenvalue weighted by Crippen LogP contribution is -2.06. The normalized spacial score (nSPS) is 11.0. The Morgan fingerprint density at radius 3 is 2.94 bits per heavy atom. The van der Waals surface area contributed by atoms with Gasteiger partial charge in [-0.15, -0.1) is 0 Å². The number of benzene rings is 1. The van der Waals surface area contributed by atoms with Crippen LogP contribution in [0.15, 0.2) is 18.2 Å². The smallest absolute Gasteiger partial charge is 0.303 e. The number of fused-ring (bicyclic) bond motifs is 1. The Labute approximate surface area is 110 Å². The molecule has 0 bridgehead atoms. The van der Waals surface area contributed by atoms with Crippen LogP contribution in [0.3, 0.4) is 0 Å². The lowest BCUT2D eigenvalue weighted by atomic mass is 10.3. The van der Waals surface area contributed by atoms with E-state index in [1.807, 2.05) is 12.1 Å². The summed E-state index contributed by atoms with van der Waals surface area (Å²) in [5.41, 5.74) is 1.85. The predicted molar refractivity (Wildman–Crippen MR) is 71.0 cm³/mol. The lowest BCUT2D eigenvalue weighted by molar-refractivity contribution is -0.137. The van der Waals surface area contributed by atoms with Crippen LogP contribution in [0.2, 0.25) is 5.02 Å². The van der Waals surface area contributed by atoms with Crippen molar-refractivity contribution in [3.05, 3.63) is 29.0 Å². The average molecular weight is 267 g/mol. The Hall–Kier alpha value is -1.55. The van der Waals surface area contributed by atoms with Gasteiger partial charge in [-0.25, -0.2) is 4.98 Å². The maximum Gasteiger partial charge on any atom is 0.303 e. The van der Waals surface area contributed by atoms with E-state index in [4.69, 9.17) is 16.7 Å². The van der Waals surface area contributed by atoms with Crippen LogP contribution >= 0.6 is 11.6 Å². The molecule has 96 valence electrons. The zero-order valence-electron chi connectivity index (χ0n) is 10.2. The van der Waals surface area contributed by atoms with Gasteiger partial charge in [-0.1, -0.05) is 18.5 Å². The van der Waals surface area contributed by atoms with Crippen molar-refractivity contribution in [2.24, 2.45) is 0 Å². The summed E-state index contributed by atoms with van der Waals surface area (Å²) in [5.74, 6) is 0.0136. The summed E-state index contributed by atoms with van der Waals surface area (Å²) in [6.45, 7) is 2.91. The maximum absolute atomic E-state index is 10.7. The van der Waals surface area contributed by atoms with Gasteiger partial charge in [0.15, 0.2) is 0 Å². The van der Waals surface area contributed by atoms with Crippen molar-refractivity contribution in [2.75, 3.05) is 0 Å². The maximum atomic E-state index is 10.7. The molecule has 1 heterocycles. The molecule has 0 radical (unpaired) electrons. The molecule has 18 heavy (non-hydrogen) atoms. The third kappa shape index (κ3) is 2.64. The van der Waals surface area contributed by atoms with Crippen LogP contribution in [-0.2, 0) is 17.8 Å². The lowest BCUT2D eigenvalue weighted by Gasteiger charge is -2.06. The predicted octanol–water partition coefficient (Wildman–Crippen LogP) is 3.12. The first-order valence-electron chi connectivity index (χ1n) is 5.98. The molecule has 0 saturated carbocycles. The Morgan fingerprint density at radius 2 is 2.28 bits per heavy atom. The fourth-order valence-corrected chi connectivity index (χ4v) is 2.19. The Balaban J connectivity index is 2.44. The van der Waals surface area contributed by atoms with Gasteiger partial charge < -0.3 is 9.67 Å². The number of aliphatic carboxylic acids is 1. The van der Waals surface area contributed by atoms with Gasteiger partial charge in [-0.05, 0) is 24.6 Å². The van der Waals surface area contributed by atoms with Crippen molar-refractivity contribution < 1.29 is 9.90 Å². The third-order valence-electron chi connectivity index (χ3n) is 2.80. The largest absolute Gasteiger partial charge is 0.481 e. The number of carbonyl (C=O) groups is 1. The fraction of sp³-hybridized carbons (Fsp3) is 0.385. The van der Waals surface area contributed by atoms with Crippen molar-refractivity contribution in [1.82, 2.24) is 9.55 Å². The highest BCUT2D eigenvalue weighted by molar-refractivity contribution is 6.31. The van der Waals surface area contributed by atoms with Gasteiger partial charge >= 0.3 is 5.97 Å². The SMILES string of the molecule is CCCn1c(CCC(=O)O)nc2ccc(Cl)cc21. The number of aryl methyl sites for hydroxylation is 2. The second kappa shape index (κ2) is 5.40. The van der Waals surface area contributed by atoms with E-state index in [0.717, 1.165) is 29.8 Å². The van der Waals surface area contributed by atoms with E-state index in [0.29, 0.717) is 11.4 Å². The van der Waals surface area contributed by atoms with Crippen molar-refractivity contribution in [1.29, 1.82) is 0 Å². The molecule has 0 fully saturated rings. The number of aromatic nitrogens is 2. The number of carboxylic acids is 1. The second-order valence-electron chi connectivity index (χ2n) is 4.21. The number of halogens is 1. The van der Waals surface area contributed by atoms with Crippen LogP contribution in [0.5, 0.6) is 0 Å². The van der Waals surface area contributed by atoms with Crippen molar-refractivity contribution in [2.45, 2.75) is 32.7 Å². The van der Waals surface area contributed by atoms with E-state index in [9.17, 15) is 4.79 Å². The molecule has 0 aliphatic carbocycles. The molecule has 1 aromatic carbocycles. The third-order valence-corrected chi connectivity index (χ3v) is 3.03. The monoisotopic (exact) mass is 266 g/mol. The van der Waals surface area contributed by atoms with Crippen molar-refractivity contribution in [3.63, 3.8) is 0 Å². The minimum absolute atomic E-state index is 0.0980. The summed E-state index contributed by atoms with van der Waals surface area (Å²) >= 11 is 5.99. The van der Waals surface area contributed by atoms with Crippen LogP contribution in [-0.4, -0.2) is 20.6 Å². The van der Waals surface area contributed by atoms with Crippen LogP contribution in [0, 0.1) is 0 Å². The minimum Gasteiger partial charge on any atom is -0.481 e. The van der Waals surface area contributed by atoms with E-state index >= 15 is 0 Å². The summed E-state index contributed by atoms with van der Waals surface area (Å²) < 4.78 is 2.06. The average Bonchev–Trinajstić information content (AvgIpc) is 2.65. The number of carboxylic acid groups (broad SMARTS) is 1. The first-order valence-corrected chi connectivity index (χ1v) is 6.36. The molecule has 4 nitrogen and oxygen atoms in total. The van der Waals surface area contributed by atoms with Crippen LogP contribution < -0.4 is 0 Å². The molecule has 0 saturated heterocycles. The van der Waals surface area contributed by atoms with E-state index in [-0.39, 0.29) is 6.42 Å². The molecular formula is C13H15ClN2O2. The molecule has 2 rings (SSSR count). The van der Waals surface area contributed by atoms with Gasteiger partial charge in [-0.2, -0.15) is 0 Å². The molecule has 2 aromatic rings. The minimum atomic E-state index is -0.803. The molecule has 0 aliphatic rings. The fourth-order valence-electron chi connectivity index (χ4n) is 2.03. The Bertz CT molecular complexity index is 578. The molecular weight excluding hydrogens is 252 g/mol. The zero-order valence-corrected chi connectivity index (χ0v) is 10.9. The van der Waals surface area contributed by atoms with Crippen LogP contribution in [0.25, 0.3) is 11.0 Å². The second-order valence-corrected chi connectivity index (χ2v) is 4.64. The molecule has 0 amide bonds. The standard InChI is InChI=1S/C13H15ClN2O2/c1-2-7-16-11-8-9(14)3-4-10(11)15-12(16)5-6-13(17)18/h3-4,8H,2,5-7H2,1H3,(H,17,18). The quantitative estimate of drug-likeness (QED) is 0.905. The van der Waals surface area contributed by atoms with Gasteiger partial charge in [0, 0.05) is 18.0 Å². The Kier molecular flexibility index (Phi) is 3.87. The highest BCUT2D eigenvalue weighted by atomic mass is 35.5. The highest BCUT2D eigenvalue weighted by Crippen LogP contribution is 2.21. The Morgan fingerprint density at radius 1 is 1.50 bits per heavy atom. The van der Waals surface area contributed by atoms with Gasteiger partial charge in [0.2, 0.25) is 0 Å². The summed E-state index contributed by atoms with van der Waals surface area (Å²) in [7, 11) is 0. The summed E-state index contributed by atoms with van der Waals surface area (Å²) in [4.78, 5) is 15.1. The zero-order chi connectivity index (χ0) is 13.1. The van der Waals surface area contributed by atoms with Crippen LogP contribution in [0.4, 0.5) is 0 Å². The van der Waals surface area contributed by atoms with Gasteiger partial charge in [0.05, 0.1) is 17.5 Å². The van der Waals surface area contributed by atoms with Crippen molar-refractivity contribution >= 4 is 28.6 Å². The molecule has 0 unspecified atom stereocenters. The number of hydrogen-bond acceptors (Lipinski definition) is 2. The molecule has 0 atom stereocenters. The molecule has 0 aliphatic heterocycles. The van der Waals surface area contributed by atoms with Crippen molar-refractivity contribution in [3.8, 4) is 0 Å². The summed E-state index contributed by atoms with van der Waals surface area (Å²) in [6.07, 6.45) is 1.51. The molecule has 1 N–H and O–H groups in total. The molecule has 1 aromatic heterocycles. The van der Waals surface area contributed by atoms with Gasteiger partial charge in [0.1, 0.15) is 5.82 Å². The topological polar surface area (TPSA) is 55.1 Å². The van der Waals surface area contributed by atoms with Gasteiger partial charge in [0.25, 0.3) is 0 Å². The molecule has 0 spiro atoms. The molecule has 5 heteroatoms. The van der Waals surface area contributed by atoms with E-state index < -0.39 is 5.97 Å². The number of nitrogens with zero attached hydrogens (tertiary/aromatic N) is 2. The summed E-state index contributed by atoms with van der Waals surface area (Å²) in [5, 5.41) is 9.43. The number of hydrogen-bond donors (Lipinski definition) is 1. The van der Waals surface area contributed by atoms with E-state index in [1.165, 1.54) is 0 Å². The first-order chi connectivity index (χ1) is 8.61. The number of imidazole rings is 1. The van der Waals surface area contributed by atoms with Crippen LogP contribution in [0.1, 0.15) is 25.6 Å². The first kappa shape index (κ1) is 12.9. The van der Waals surface area contributed by atoms with E-state index in [1.54, 1.807) is 6.07 Å². The summed E-state index contributed by atoms with van der Waals surface area (Å²) in [6, 6.07) is 5.55. The number of rotatable bonds is 5. The van der Waals surface area contributed by atoms with E-state index in [2.05, 4.69) is 16.5 Å². The highest BCUT2D eigenvalue weighted by Gasteiger charge is 2.11.